The molecule has 0 saturated heterocycles. The van der Waals surface area contributed by atoms with E-state index in [-0.39, 0.29) is 10.8 Å². The summed E-state index contributed by atoms with van der Waals surface area (Å²) in [7, 11) is 0. The van der Waals surface area contributed by atoms with Crippen molar-refractivity contribution < 1.29 is 4.39 Å². The monoisotopic (exact) mass is 280 g/mol. The van der Waals surface area contributed by atoms with Gasteiger partial charge in [0.2, 0.25) is 0 Å². The van der Waals surface area contributed by atoms with Crippen LogP contribution < -0.4 is 11.1 Å². The molecule has 0 spiro atoms. The Balaban J connectivity index is 1.77. The van der Waals surface area contributed by atoms with Crippen molar-refractivity contribution in [2.24, 2.45) is 11.7 Å². The minimum Gasteiger partial charge on any atom is -0.389 e. The summed E-state index contributed by atoms with van der Waals surface area (Å²) >= 11 is 4.82. The van der Waals surface area contributed by atoms with Crippen molar-refractivity contribution in [1.82, 2.24) is 0 Å². The van der Waals surface area contributed by atoms with Crippen molar-refractivity contribution >= 4 is 22.9 Å². The van der Waals surface area contributed by atoms with E-state index in [1.807, 2.05) is 0 Å². The number of thiocarbonyl (C=S) groups is 1. The molecule has 4 heteroatoms. The number of benzene rings is 1. The van der Waals surface area contributed by atoms with E-state index in [2.05, 4.69) is 5.32 Å². The first-order valence-electron chi connectivity index (χ1n) is 7.00. The first-order chi connectivity index (χ1) is 9.16. The lowest BCUT2D eigenvalue weighted by molar-refractivity contribution is 0.491. The second-order valence-corrected chi connectivity index (χ2v) is 5.72. The van der Waals surface area contributed by atoms with E-state index in [1.165, 1.54) is 38.2 Å². The Kier molecular flexibility index (Phi) is 5.14. The predicted octanol–water partition coefficient (Wildman–Crippen LogP) is 3.84. The maximum absolute atomic E-state index is 13.8. The fourth-order valence-corrected chi connectivity index (χ4v) is 2.85. The fourth-order valence-electron chi connectivity index (χ4n) is 2.72. The number of hydrogen-bond donors (Lipinski definition) is 2. The first kappa shape index (κ1) is 14.3. The highest BCUT2D eigenvalue weighted by Gasteiger charge is 2.14. The first-order valence-corrected chi connectivity index (χ1v) is 7.41. The molecule has 1 aromatic rings. The summed E-state index contributed by atoms with van der Waals surface area (Å²) in [6.07, 6.45) is 7.86. The van der Waals surface area contributed by atoms with Crippen LogP contribution in [0.3, 0.4) is 0 Å². The van der Waals surface area contributed by atoms with Gasteiger partial charge in [-0.15, -0.1) is 0 Å². The van der Waals surface area contributed by atoms with E-state index in [1.54, 1.807) is 12.1 Å². The summed E-state index contributed by atoms with van der Waals surface area (Å²) in [5.41, 5.74) is 6.58. The highest BCUT2D eigenvalue weighted by Crippen LogP contribution is 2.28. The van der Waals surface area contributed by atoms with E-state index in [0.717, 1.165) is 18.9 Å². The molecule has 3 N–H and O–H groups in total. The molecule has 0 bridgehead atoms. The van der Waals surface area contributed by atoms with Gasteiger partial charge >= 0.3 is 0 Å². The minimum atomic E-state index is -0.286. The van der Waals surface area contributed by atoms with E-state index in [4.69, 9.17) is 18.0 Å². The Bertz CT molecular complexity index is 442. The lowest BCUT2D eigenvalue weighted by Gasteiger charge is -2.11. The molecule has 0 aliphatic heterocycles. The molecule has 0 radical (unpaired) electrons. The van der Waals surface area contributed by atoms with Crippen LogP contribution in [-0.4, -0.2) is 11.5 Å². The van der Waals surface area contributed by atoms with Crippen LogP contribution >= 0.6 is 12.2 Å². The SMILES string of the molecule is NC(=S)c1ccc(NCCCC2CCCC2)c(F)c1. The van der Waals surface area contributed by atoms with Crippen LogP contribution in [0.5, 0.6) is 0 Å². The van der Waals surface area contributed by atoms with Gasteiger partial charge in [-0.1, -0.05) is 37.9 Å². The van der Waals surface area contributed by atoms with Crippen LogP contribution in [0, 0.1) is 11.7 Å². The number of nitrogens with one attached hydrogen (secondary N) is 1. The number of hydrogen-bond acceptors (Lipinski definition) is 2. The topological polar surface area (TPSA) is 38.0 Å². The number of rotatable bonds is 6. The second-order valence-electron chi connectivity index (χ2n) is 5.28. The van der Waals surface area contributed by atoms with Crippen LogP contribution in [0.25, 0.3) is 0 Å². The van der Waals surface area contributed by atoms with Gasteiger partial charge in [0, 0.05) is 12.1 Å². The standard InChI is InChI=1S/C15H21FN2S/c16-13-10-12(15(17)19)7-8-14(13)18-9-3-6-11-4-1-2-5-11/h7-8,10-11,18H,1-6,9H2,(H2,17,19). The molecule has 0 heterocycles. The molecule has 2 nitrogen and oxygen atoms in total. The van der Waals surface area contributed by atoms with Crippen LogP contribution in [0.1, 0.15) is 44.1 Å². The van der Waals surface area contributed by atoms with Gasteiger partial charge in [-0.2, -0.15) is 0 Å². The van der Waals surface area contributed by atoms with Crippen molar-refractivity contribution in [3.63, 3.8) is 0 Å². The minimum absolute atomic E-state index is 0.228. The van der Waals surface area contributed by atoms with Crippen LogP contribution in [0.4, 0.5) is 10.1 Å². The maximum Gasteiger partial charge on any atom is 0.146 e. The van der Waals surface area contributed by atoms with E-state index < -0.39 is 0 Å². The number of anilines is 1. The Morgan fingerprint density at radius 3 is 2.74 bits per heavy atom. The third-order valence-corrected chi connectivity index (χ3v) is 4.07. The quantitative estimate of drug-likeness (QED) is 0.614. The molecule has 19 heavy (non-hydrogen) atoms. The summed E-state index contributed by atoms with van der Waals surface area (Å²) in [5, 5.41) is 3.14. The summed E-state index contributed by atoms with van der Waals surface area (Å²) in [4.78, 5) is 0.228. The van der Waals surface area contributed by atoms with E-state index in [0.29, 0.717) is 11.3 Å². The molecule has 0 unspecified atom stereocenters. The van der Waals surface area contributed by atoms with Crippen molar-refractivity contribution in [2.45, 2.75) is 38.5 Å². The number of nitrogens with two attached hydrogens (primary N) is 1. The zero-order chi connectivity index (χ0) is 13.7. The number of halogens is 1. The molecule has 1 aliphatic carbocycles. The van der Waals surface area contributed by atoms with Crippen molar-refractivity contribution in [3.8, 4) is 0 Å². The average molecular weight is 280 g/mol. The molecule has 0 amide bonds. The smallest absolute Gasteiger partial charge is 0.146 e. The zero-order valence-corrected chi connectivity index (χ0v) is 11.9. The molecule has 1 aromatic carbocycles. The molecular weight excluding hydrogens is 259 g/mol. The van der Waals surface area contributed by atoms with Gasteiger partial charge in [0.05, 0.1) is 5.69 Å². The Morgan fingerprint density at radius 2 is 2.11 bits per heavy atom. The van der Waals surface area contributed by atoms with Crippen molar-refractivity contribution in [2.75, 3.05) is 11.9 Å². The van der Waals surface area contributed by atoms with E-state index >= 15 is 0 Å². The van der Waals surface area contributed by atoms with Gasteiger partial charge < -0.3 is 11.1 Å². The third-order valence-electron chi connectivity index (χ3n) is 3.83. The van der Waals surface area contributed by atoms with Gasteiger partial charge in [-0.25, -0.2) is 4.39 Å². The fraction of sp³-hybridized carbons (Fsp3) is 0.533. The molecule has 2 rings (SSSR count). The van der Waals surface area contributed by atoms with Gasteiger partial charge in [-0.3, -0.25) is 0 Å². The van der Waals surface area contributed by atoms with Crippen molar-refractivity contribution in [1.29, 1.82) is 0 Å². The summed E-state index contributed by atoms with van der Waals surface area (Å²) < 4.78 is 13.8. The second kappa shape index (κ2) is 6.85. The molecule has 1 fully saturated rings. The molecular formula is C15H21FN2S. The Morgan fingerprint density at radius 1 is 1.37 bits per heavy atom. The largest absolute Gasteiger partial charge is 0.389 e. The average Bonchev–Trinajstić information content (AvgIpc) is 2.89. The highest BCUT2D eigenvalue weighted by molar-refractivity contribution is 7.80. The lowest BCUT2D eigenvalue weighted by atomic mass is 10.0. The zero-order valence-electron chi connectivity index (χ0n) is 11.1. The maximum atomic E-state index is 13.8. The van der Waals surface area contributed by atoms with E-state index in [9.17, 15) is 4.39 Å². The lowest BCUT2D eigenvalue weighted by Crippen LogP contribution is -2.11. The van der Waals surface area contributed by atoms with Gasteiger partial charge in [0.25, 0.3) is 0 Å². The molecule has 0 aromatic heterocycles. The van der Waals surface area contributed by atoms with Crippen molar-refractivity contribution in [3.05, 3.63) is 29.6 Å². The Labute approximate surface area is 119 Å². The molecule has 104 valence electrons. The van der Waals surface area contributed by atoms with Crippen LogP contribution in [0.15, 0.2) is 18.2 Å². The molecule has 1 saturated carbocycles. The third kappa shape index (κ3) is 4.16. The predicted molar refractivity (Wildman–Crippen MR) is 82.0 cm³/mol. The van der Waals surface area contributed by atoms with Gasteiger partial charge in [-0.05, 0) is 37.0 Å². The Hall–Kier alpha value is -1.16. The van der Waals surface area contributed by atoms with Crippen LogP contribution in [-0.2, 0) is 0 Å². The molecule has 1 aliphatic rings. The summed E-state index contributed by atoms with van der Waals surface area (Å²) in [6.45, 7) is 0.819. The van der Waals surface area contributed by atoms with Crippen LogP contribution in [0.2, 0.25) is 0 Å². The van der Waals surface area contributed by atoms with Gasteiger partial charge in [0.15, 0.2) is 0 Å². The van der Waals surface area contributed by atoms with Gasteiger partial charge in [0.1, 0.15) is 10.8 Å². The molecule has 0 atom stereocenters. The summed E-state index contributed by atoms with van der Waals surface area (Å²) in [6, 6.07) is 4.85. The highest BCUT2D eigenvalue weighted by atomic mass is 32.1. The summed E-state index contributed by atoms with van der Waals surface area (Å²) in [5.74, 6) is 0.606. The normalized spacial score (nSPS) is 15.6.